The molecule has 0 saturated heterocycles. The van der Waals surface area contributed by atoms with Crippen LogP contribution in [0.2, 0.25) is 0 Å². The lowest BCUT2D eigenvalue weighted by molar-refractivity contribution is 0.0970. The maximum atomic E-state index is 11.8. The smallest absolute Gasteiger partial charge is 0.184 e. The van der Waals surface area contributed by atoms with Gasteiger partial charge < -0.3 is 9.05 Å². The minimum atomic E-state index is 0.0421. The van der Waals surface area contributed by atoms with Gasteiger partial charge in [-0.15, -0.1) is 0 Å². The Morgan fingerprint density at radius 3 is 2.82 bits per heavy atom. The van der Waals surface area contributed by atoms with Crippen LogP contribution >= 0.6 is 0 Å². The fourth-order valence-corrected chi connectivity index (χ4v) is 3.30. The van der Waals surface area contributed by atoms with Crippen molar-refractivity contribution < 1.29 is 13.8 Å². The summed E-state index contributed by atoms with van der Waals surface area (Å²) in [6.45, 7) is 0. The summed E-state index contributed by atoms with van der Waals surface area (Å²) < 4.78 is 12.0. The van der Waals surface area contributed by atoms with E-state index in [1.807, 2.05) is 31.4 Å². The summed E-state index contributed by atoms with van der Waals surface area (Å²) in [5.74, 6) is 0.819. The molecule has 4 aromatic rings. The van der Waals surface area contributed by atoms with Crippen LogP contribution in [0.1, 0.15) is 48.3 Å². The first kappa shape index (κ1) is 18.2. The maximum Gasteiger partial charge on any atom is 0.184 e. The zero-order valence-electron chi connectivity index (χ0n) is 15.8. The van der Waals surface area contributed by atoms with Crippen LogP contribution in [0.15, 0.2) is 51.8 Å². The van der Waals surface area contributed by atoms with Gasteiger partial charge in [0.05, 0.1) is 11.2 Å². The number of benzene rings is 1. The summed E-state index contributed by atoms with van der Waals surface area (Å²) in [4.78, 5) is 11.8. The second-order valence-electron chi connectivity index (χ2n) is 6.98. The van der Waals surface area contributed by atoms with Crippen molar-refractivity contribution in [1.82, 2.24) is 20.1 Å². The Morgan fingerprint density at radius 2 is 1.96 bits per heavy atom. The number of nitrogens with zero attached hydrogens (tertiary/aromatic N) is 4. The maximum absolute atomic E-state index is 11.8. The molecule has 28 heavy (non-hydrogen) atoms. The van der Waals surface area contributed by atoms with Gasteiger partial charge in [-0.05, 0) is 37.5 Å². The number of carbonyl (C=O) groups is 1. The molecule has 0 radical (unpaired) electrons. The number of ketones is 1. The molecule has 144 valence electrons. The fraction of sp³-hybridized carbons (Fsp3) is 0.333. The molecule has 0 aliphatic carbocycles. The van der Waals surface area contributed by atoms with Crippen LogP contribution in [-0.2, 0) is 13.5 Å². The lowest BCUT2D eigenvalue weighted by Gasteiger charge is -1.99. The van der Waals surface area contributed by atoms with E-state index in [9.17, 15) is 4.79 Å². The van der Waals surface area contributed by atoms with Crippen molar-refractivity contribution >= 4 is 16.7 Å². The first-order valence-electron chi connectivity index (χ1n) is 9.52. The number of unbranched alkanes of at least 4 members (excludes halogenated alkanes) is 3. The van der Waals surface area contributed by atoms with Gasteiger partial charge in [0, 0.05) is 42.7 Å². The second kappa shape index (κ2) is 8.21. The molecule has 3 heterocycles. The van der Waals surface area contributed by atoms with E-state index in [2.05, 4.69) is 21.5 Å². The van der Waals surface area contributed by atoms with Gasteiger partial charge in [0.25, 0.3) is 0 Å². The molecule has 0 bridgehead atoms. The molecule has 7 heteroatoms. The molecule has 0 aliphatic rings. The van der Waals surface area contributed by atoms with E-state index < -0.39 is 0 Å². The minimum Gasteiger partial charge on any atom is -0.364 e. The van der Waals surface area contributed by atoms with Gasteiger partial charge >= 0.3 is 0 Å². The quantitative estimate of drug-likeness (QED) is 0.313. The highest BCUT2D eigenvalue weighted by atomic mass is 16.5. The van der Waals surface area contributed by atoms with E-state index in [0.717, 1.165) is 60.0 Å². The fourth-order valence-electron chi connectivity index (χ4n) is 3.30. The van der Waals surface area contributed by atoms with Crippen molar-refractivity contribution in [1.29, 1.82) is 0 Å². The first-order valence-corrected chi connectivity index (χ1v) is 9.52. The Balaban J connectivity index is 1.23. The summed E-state index contributed by atoms with van der Waals surface area (Å²) in [6.07, 6.45) is 8.74. The third-order valence-corrected chi connectivity index (χ3v) is 4.77. The monoisotopic (exact) mass is 378 g/mol. The Morgan fingerprint density at radius 1 is 1.07 bits per heavy atom. The molecule has 0 spiro atoms. The summed E-state index contributed by atoms with van der Waals surface area (Å²) in [6, 6.07) is 9.68. The largest absolute Gasteiger partial charge is 0.364 e. The van der Waals surface area contributed by atoms with Gasteiger partial charge in [0.1, 0.15) is 12.0 Å². The molecule has 0 aliphatic heterocycles. The SMILES string of the molecule is Cn1cc2cc(-c3cc(CCCCCCC(=O)c4ccon4)no3)ccc2n1. The number of aromatic nitrogens is 4. The van der Waals surface area contributed by atoms with E-state index in [0.29, 0.717) is 12.1 Å². The molecule has 0 saturated carbocycles. The molecular formula is C21H22N4O3. The molecule has 0 N–H and O–H groups in total. The van der Waals surface area contributed by atoms with Gasteiger partial charge in [-0.2, -0.15) is 5.10 Å². The van der Waals surface area contributed by atoms with Crippen molar-refractivity contribution in [2.75, 3.05) is 0 Å². The van der Waals surface area contributed by atoms with Gasteiger partial charge in [0.15, 0.2) is 11.5 Å². The average molecular weight is 378 g/mol. The molecule has 4 rings (SSSR count). The topological polar surface area (TPSA) is 87.0 Å². The van der Waals surface area contributed by atoms with Crippen LogP contribution in [0, 0.1) is 0 Å². The van der Waals surface area contributed by atoms with Crippen LogP contribution in [-0.4, -0.2) is 25.9 Å². The standard InChI is InChI=1S/C21H22N4O3/c1-25-14-16-12-15(8-9-18(16)22-25)21-13-17(23-28-21)6-4-2-3-5-7-20(26)19-10-11-27-24-19/h8-14H,2-7H2,1H3. The highest BCUT2D eigenvalue weighted by Gasteiger charge is 2.10. The van der Waals surface area contributed by atoms with E-state index >= 15 is 0 Å². The lowest BCUT2D eigenvalue weighted by atomic mass is 10.1. The minimum absolute atomic E-state index is 0.0421. The van der Waals surface area contributed by atoms with E-state index in [1.54, 1.807) is 10.7 Å². The Kier molecular flexibility index (Phi) is 5.32. The van der Waals surface area contributed by atoms with Crippen molar-refractivity contribution in [2.24, 2.45) is 7.05 Å². The van der Waals surface area contributed by atoms with E-state index in [1.165, 1.54) is 6.26 Å². The van der Waals surface area contributed by atoms with Crippen LogP contribution in [0.3, 0.4) is 0 Å². The number of hydrogen-bond acceptors (Lipinski definition) is 6. The summed E-state index contributed by atoms with van der Waals surface area (Å²) in [7, 11) is 1.91. The lowest BCUT2D eigenvalue weighted by Crippen LogP contribution is -1.98. The Hall–Kier alpha value is -3.22. The summed E-state index contributed by atoms with van der Waals surface area (Å²) in [5.41, 5.74) is 3.35. The third-order valence-electron chi connectivity index (χ3n) is 4.77. The predicted molar refractivity (Wildman–Crippen MR) is 104 cm³/mol. The summed E-state index contributed by atoms with van der Waals surface area (Å²) in [5, 5.41) is 13.3. The number of fused-ring (bicyclic) bond motifs is 1. The predicted octanol–water partition coefficient (Wildman–Crippen LogP) is 4.59. The third kappa shape index (κ3) is 4.19. The molecule has 7 nitrogen and oxygen atoms in total. The zero-order chi connectivity index (χ0) is 19.3. The summed E-state index contributed by atoms with van der Waals surface area (Å²) >= 11 is 0. The van der Waals surface area contributed by atoms with Crippen molar-refractivity contribution in [3.05, 3.63) is 54.2 Å². The normalized spacial score (nSPS) is 11.3. The van der Waals surface area contributed by atoms with Gasteiger partial charge in [-0.3, -0.25) is 9.48 Å². The van der Waals surface area contributed by atoms with Crippen molar-refractivity contribution in [2.45, 2.75) is 38.5 Å². The van der Waals surface area contributed by atoms with Gasteiger partial charge in [-0.25, -0.2) is 0 Å². The average Bonchev–Trinajstić information content (AvgIpc) is 3.43. The van der Waals surface area contributed by atoms with Gasteiger partial charge in [0.2, 0.25) is 0 Å². The molecule has 0 atom stereocenters. The van der Waals surface area contributed by atoms with Crippen LogP contribution in [0.4, 0.5) is 0 Å². The van der Waals surface area contributed by atoms with E-state index in [-0.39, 0.29) is 5.78 Å². The molecular weight excluding hydrogens is 356 g/mol. The van der Waals surface area contributed by atoms with Crippen molar-refractivity contribution in [3.8, 4) is 11.3 Å². The van der Waals surface area contributed by atoms with Crippen LogP contribution in [0.25, 0.3) is 22.2 Å². The zero-order valence-corrected chi connectivity index (χ0v) is 15.8. The van der Waals surface area contributed by atoms with Crippen molar-refractivity contribution in [3.63, 3.8) is 0 Å². The highest BCUT2D eigenvalue weighted by Crippen LogP contribution is 2.25. The number of rotatable bonds is 9. The Labute approximate surface area is 162 Å². The number of aryl methyl sites for hydroxylation is 2. The number of carbonyl (C=O) groups excluding carboxylic acids is 1. The van der Waals surface area contributed by atoms with Gasteiger partial charge in [-0.1, -0.05) is 23.2 Å². The second-order valence-corrected chi connectivity index (χ2v) is 6.98. The Bertz CT molecular complexity index is 1060. The number of hydrogen-bond donors (Lipinski definition) is 0. The molecule has 0 amide bonds. The number of Topliss-reactive ketones (excluding diaryl/α,β-unsaturated/α-hetero) is 1. The van der Waals surface area contributed by atoms with Crippen LogP contribution in [0.5, 0.6) is 0 Å². The molecule has 0 fully saturated rings. The van der Waals surface area contributed by atoms with E-state index in [4.69, 9.17) is 9.05 Å². The highest BCUT2D eigenvalue weighted by molar-refractivity contribution is 5.93. The first-order chi connectivity index (χ1) is 13.7. The molecule has 0 unspecified atom stereocenters. The molecule has 1 aromatic carbocycles. The van der Waals surface area contributed by atoms with Crippen LogP contribution < -0.4 is 0 Å². The molecule has 3 aromatic heterocycles.